The highest BCUT2D eigenvalue weighted by Crippen LogP contribution is 2.24. The van der Waals surface area contributed by atoms with E-state index in [1.165, 1.54) is 41.8 Å². The van der Waals surface area contributed by atoms with Gasteiger partial charge in [0.05, 0.1) is 17.6 Å². The number of para-hydroxylation sites is 2. The first-order chi connectivity index (χ1) is 14.8. The van der Waals surface area contributed by atoms with Gasteiger partial charge in [0.1, 0.15) is 0 Å². The third-order valence-corrected chi connectivity index (χ3v) is 6.95. The van der Waals surface area contributed by atoms with Crippen molar-refractivity contribution in [2.75, 3.05) is 25.0 Å². The van der Waals surface area contributed by atoms with Crippen LogP contribution in [0.3, 0.4) is 0 Å². The summed E-state index contributed by atoms with van der Waals surface area (Å²) >= 11 is 1.87. The molecule has 0 unspecified atom stereocenters. The van der Waals surface area contributed by atoms with Crippen LogP contribution in [0.1, 0.15) is 23.3 Å². The molecule has 1 saturated heterocycles. The molecule has 2 aromatic carbocycles. The molecule has 0 aliphatic carbocycles. The molecular formula is C25H30Cl2N4S. The average molecular weight is 490 g/mol. The van der Waals surface area contributed by atoms with Gasteiger partial charge in [-0.1, -0.05) is 48.5 Å². The molecule has 7 heteroatoms. The Morgan fingerprint density at radius 3 is 2.41 bits per heavy atom. The minimum absolute atomic E-state index is 0. The number of rotatable bonds is 7. The van der Waals surface area contributed by atoms with E-state index in [4.69, 9.17) is 4.98 Å². The molecule has 4 nitrogen and oxygen atoms in total. The van der Waals surface area contributed by atoms with Crippen LogP contribution in [-0.4, -0.2) is 40.1 Å². The summed E-state index contributed by atoms with van der Waals surface area (Å²) in [5.41, 5.74) is 3.55. The molecule has 0 amide bonds. The molecule has 32 heavy (non-hydrogen) atoms. The van der Waals surface area contributed by atoms with E-state index >= 15 is 0 Å². The largest absolute Gasteiger partial charge is 0.353 e. The van der Waals surface area contributed by atoms with Crippen LogP contribution in [0.4, 0.5) is 5.95 Å². The first-order valence-electron chi connectivity index (χ1n) is 10.9. The third-order valence-electron chi connectivity index (χ3n) is 6.01. The zero-order valence-electron chi connectivity index (χ0n) is 18.0. The van der Waals surface area contributed by atoms with Crippen molar-refractivity contribution < 1.29 is 0 Å². The van der Waals surface area contributed by atoms with Crippen molar-refractivity contribution in [3.05, 3.63) is 82.6 Å². The zero-order chi connectivity index (χ0) is 20.2. The van der Waals surface area contributed by atoms with Crippen molar-refractivity contribution in [3.8, 4) is 0 Å². The summed E-state index contributed by atoms with van der Waals surface area (Å²) in [6, 6.07) is 24.0. The molecule has 170 valence electrons. The van der Waals surface area contributed by atoms with E-state index in [1.807, 2.05) is 11.3 Å². The number of fused-ring (bicyclic) bond motifs is 1. The quantitative estimate of drug-likeness (QED) is 0.340. The van der Waals surface area contributed by atoms with E-state index in [9.17, 15) is 0 Å². The molecule has 0 atom stereocenters. The lowest BCUT2D eigenvalue weighted by molar-refractivity contribution is 0.221. The van der Waals surface area contributed by atoms with Crippen molar-refractivity contribution in [3.63, 3.8) is 0 Å². The second-order valence-electron chi connectivity index (χ2n) is 8.09. The van der Waals surface area contributed by atoms with Gasteiger partial charge in [-0.2, -0.15) is 0 Å². The van der Waals surface area contributed by atoms with Gasteiger partial charge in [0.2, 0.25) is 5.95 Å². The van der Waals surface area contributed by atoms with Gasteiger partial charge in [-0.3, -0.25) is 0 Å². The smallest absolute Gasteiger partial charge is 0.204 e. The number of piperidine rings is 1. The summed E-state index contributed by atoms with van der Waals surface area (Å²) in [6.45, 7) is 4.31. The van der Waals surface area contributed by atoms with Crippen LogP contribution in [0.5, 0.6) is 0 Å². The molecule has 0 spiro atoms. The second kappa shape index (κ2) is 11.7. The van der Waals surface area contributed by atoms with Crippen molar-refractivity contribution in [2.24, 2.45) is 0 Å². The number of halogens is 2. The lowest BCUT2D eigenvalue weighted by atomic mass is 10.0. The minimum Gasteiger partial charge on any atom is -0.353 e. The maximum absolute atomic E-state index is 4.93. The number of likely N-dealkylation sites (tertiary alicyclic amines) is 1. The van der Waals surface area contributed by atoms with E-state index < -0.39 is 0 Å². The van der Waals surface area contributed by atoms with Gasteiger partial charge in [0.25, 0.3) is 0 Å². The summed E-state index contributed by atoms with van der Waals surface area (Å²) in [5.74, 6) is 0.997. The number of nitrogens with one attached hydrogen (secondary N) is 1. The van der Waals surface area contributed by atoms with Gasteiger partial charge in [-0.05, 0) is 48.4 Å². The van der Waals surface area contributed by atoms with Crippen LogP contribution in [0.25, 0.3) is 11.0 Å². The maximum atomic E-state index is 4.93. The fourth-order valence-corrected chi connectivity index (χ4v) is 5.02. The molecule has 1 N–H and O–H groups in total. The van der Waals surface area contributed by atoms with Crippen LogP contribution >= 0.6 is 36.2 Å². The van der Waals surface area contributed by atoms with Crippen molar-refractivity contribution in [1.82, 2.24) is 14.5 Å². The van der Waals surface area contributed by atoms with Gasteiger partial charge >= 0.3 is 0 Å². The molecule has 5 rings (SSSR count). The van der Waals surface area contributed by atoms with E-state index in [0.717, 1.165) is 31.1 Å². The number of hydrogen-bond acceptors (Lipinski definition) is 4. The van der Waals surface area contributed by atoms with Crippen molar-refractivity contribution in [2.45, 2.75) is 31.8 Å². The normalized spacial score (nSPS) is 14.6. The molecule has 2 aromatic heterocycles. The Kier molecular flexibility index (Phi) is 9.00. The summed E-state index contributed by atoms with van der Waals surface area (Å²) in [6.07, 6.45) is 3.50. The molecule has 1 fully saturated rings. The molecule has 0 saturated carbocycles. The Morgan fingerprint density at radius 1 is 0.906 bits per heavy atom. The summed E-state index contributed by atoms with van der Waals surface area (Å²) in [5, 5.41) is 5.95. The number of nitrogens with zero attached hydrogens (tertiary/aromatic N) is 3. The Labute approximate surface area is 206 Å². The second-order valence-corrected chi connectivity index (χ2v) is 9.12. The van der Waals surface area contributed by atoms with Crippen LogP contribution in [-0.2, 0) is 13.0 Å². The number of imidazole rings is 1. The van der Waals surface area contributed by atoms with Gasteiger partial charge in [-0.25, -0.2) is 4.98 Å². The first kappa shape index (κ1) is 24.6. The fraction of sp³-hybridized carbons (Fsp3) is 0.320. The standard InChI is InChI=1S/C25H28N4S.2ClH/c1-2-7-20(8-3-1)19-29-24-11-5-4-10-23(24)27-25(29)26-21-12-15-28(16-13-21)17-14-22-9-6-18-30-22;;/h1-11,18,21H,12-17,19H2,(H,26,27);2*1H. The average Bonchev–Trinajstić information content (AvgIpc) is 3.43. The van der Waals surface area contributed by atoms with Crippen LogP contribution in [0, 0.1) is 0 Å². The molecule has 0 bridgehead atoms. The molecule has 1 aliphatic rings. The van der Waals surface area contributed by atoms with Crippen LogP contribution in [0.2, 0.25) is 0 Å². The fourth-order valence-electron chi connectivity index (χ4n) is 4.32. The Hall–Kier alpha value is -2.05. The lowest BCUT2D eigenvalue weighted by Gasteiger charge is -2.32. The van der Waals surface area contributed by atoms with E-state index in [0.29, 0.717) is 6.04 Å². The minimum atomic E-state index is 0. The van der Waals surface area contributed by atoms with E-state index in [1.54, 1.807) is 0 Å². The van der Waals surface area contributed by atoms with Gasteiger partial charge in [0.15, 0.2) is 0 Å². The highest BCUT2D eigenvalue weighted by molar-refractivity contribution is 7.09. The van der Waals surface area contributed by atoms with Gasteiger partial charge in [-0.15, -0.1) is 36.2 Å². The molecule has 1 aliphatic heterocycles. The third kappa shape index (κ3) is 5.84. The van der Waals surface area contributed by atoms with Crippen LogP contribution in [0.15, 0.2) is 72.1 Å². The lowest BCUT2D eigenvalue weighted by Crippen LogP contribution is -2.40. The molecule has 0 radical (unpaired) electrons. The monoisotopic (exact) mass is 488 g/mol. The Morgan fingerprint density at radius 2 is 1.66 bits per heavy atom. The number of hydrogen-bond donors (Lipinski definition) is 1. The van der Waals surface area contributed by atoms with E-state index in [-0.39, 0.29) is 24.8 Å². The maximum Gasteiger partial charge on any atom is 0.204 e. The van der Waals surface area contributed by atoms with E-state index in [2.05, 4.69) is 86.9 Å². The Balaban J connectivity index is 0.00000144. The summed E-state index contributed by atoms with van der Waals surface area (Å²) in [7, 11) is 0. The number of thiophene rings is 1. The first-order valence-corrected chi connectivity index (χ1v) is 11.7. The zero-order valence-corrected chi connectivity index (χ0v) is 20.5. The Bertz CT molecular complexity index is 1070. The predicted octanol–water partition coefficient (Wildman–Crippen LogP) is 6.11. The van der Waals surface area contributed by atoms with Crippen molar-refractivity contribution >= 4 is 53.1 Å². The number of benzene rings is 2. The SMILES string of the molecule is Cl.Cl.c1ccc(Cn2c(NC3CCN(CCc4cccs4)CC3)nc3ccccc32)cc1. The van der Waals surface area contributed by atoms with Crippen molar-refractivity contribution in [1.29, 1.82) is 0 Å². The van der Waals surface area contributed by atoms with Gasteiger partial charge in [0, 0.05) is 30.6 Å². The topological polar surface area (TPSA) is 33.1 Å². The highest BCUT2D eigenvalue weighted by Gasteiger charge is 2.21. The number of aromatic nitrogens is 2. The molecule has 4 aromatic rings. The van der Waals surface area contributed by atoms with Crippen LogP contribution < -0.4 is 5.32 Å². The summed E-state index contributed by atoms with van der Waals surface area (Å²) < 4.78 is 2.33. The molecular weight excluding hydrogens is 459 g/mol. The highest BCUT2D eigenvalue weighted by atomic mass is 35.5. The van der Waals surface area contributed by atoms with Gasteiger partial charge < -0.3 is 14.8 Å². The predicted molar refractivity (Wildman–Crippen MR) is 141 cm³/mol. The number of anilines is 1. The summed E-state index contributed by atoms with van der Waals surface area (Å²) in [4.78, 5) is 9.02. The molecule has 3 heterocycles.